The van der Waals surface area contributed by atoms with E-state index in [2.05, 4.69) is 0 Å². The maximum absolute atomic E-state index is 12.8. The average Bonchev–Trinajstić information content (AvgIpc) is 2.66. The number of halogens is 1. The molecule has 0 spiro atoms. The Labute approximate surface area is 93.2 Å². The van der Waals surface area contributed by atoms with Gasteiger partial charge in [0.1, 0.15) is 5.82 Å². The van der Waals surface area contributed by atoms with Crippen LogP contribution in [0.5, 0.6) is 0 Å². The number of aromatic nitrogens is 1. The summed E-state index contributed by atoms with van der Waals surface area (Å²) < 4.78 is 37.5. The molecule has 84 valence electrons. The van der Waals surface area contributed by atoms with Crippen molar-refractivity contribution in [3.05, 3.63) is 54.1 Å². The molecule has 0 unspecified atom stereocenters. The molecule has 1 aromatic heterocycles. The summed E-state index contributed by atoms with van der Waals surface area (Å²) in [6, 6.07) is 7.51. The minimum atomic E-state index is -3.66. The summed E-state index contributed by atoms with van der Waals surface area (Å²) in [4.78, 5) is 0.147. The number of aryl methyl sites for hydroxylation is 1. The molecule has 0 aliphatic carbocycles. The fourth-order valence-corrected chi connectivity index (χ4v) is 2.52. The van der Waals surface area contributed by atoms with Gasteiger partial charge in [0, 0.05) is 6.20 Å². The first kappa shape index (κ1) is 10.9. The van der Waals surface area contributed by atoms with E-state index in [4.69, 9.17) is 0 Å². The van der Waals surface area contributed by atoms with Gasteiger partial charge >= 0.3 is 0 Å². The fourth-order valence-electron chi connectivity index (χ4n) is 1.33. The SMILES string of the molecule is Cc1ccc(S(=O)(=O)n2ccc(F)c2)cc1. The van der Waals surface area contributed by atoms with Gasteiger partial charge < -0.3 is 0 Å². The van der Waals surface area contributed by atoms with Crippen molar-refractivity contribution in [2.75, 3.05) is 0 Å². The maximum Gasteiger partial charge on any atom is 0.267 e. The van der Waals surface area contributed by atoms with Crippen molar-refractivity contribution < 1.29 is 12.8 Å². The molecule has 0 bridgehead atoms. The van der Waals surface area contributed by atoms with Crippen LogP contribution in [0.3, 0.4) is 0 Å². The first-order valence-corrected chi connectivity index (χ1v) is 6.10. The molecule has 2 aromatic rings. The highest BCUT2D eigenvalue weighted by molar-refractivity contribution is 7.90. The Bertz CT molecular complexity index is 599. The van der Waals surface area contributed by atoms with Crippen molar-refractivity contribution in [2.45, 2.75) is 11.8 Å². The van der Waals surface area contributed by atoms with Crippen molar-refractivity contribution in [3.63, 3.8) is 0 Å². The van der Waals surface area contributed by atoms with Crippen LogP contribution < -0.4 is 0 Å². The third-order valence-electron chi connectivity index (χ3n) is 2.23. The minimum absolute atomic E-state index is 0.147. The maximum atomic E-state index is 12.8. The molecule has 16 heavy (non-hydrogen) atoms. The highest BCUT2D eigenvalue weighted by Gasteiger charge is 2.16. The van der Waals surface area contributed by atoms with Gasteiger partial charge in [0.05, 0.1) is 11.1 Å². The van der Waals surface area contributed by atoms with Crippen LogP contribution in [0.25, 0.3) is 0 Å². The molecule has 0 aliphatic heterocycles. The van der Waals surface area contributed by atoms with Gasteiger partial charge in [0.2, 0.25) is 0 Å². The largest absolute Gasteiger partial charge is 0.267 e. The lowest BCUT2D eigenvalue weighted by Gasteiger charge is -2.05. The van der Waals surface area contributed by atoms with Crippen LogP contribution in [-0.4, -0.2) is 12.4 Å². The topological polar surface area (TPSA) is 39.1 Å². The van der Waals surface area contributed by atoms with E-state index in [9.17, 15) is 12.8 Å². The van der Waals surface area contributed by atoms with Crippen molar-refractivity contribution in [2.24, 2.45) is 0 Å². The number of benzene rings is 1. The molecule has 0 amide bonds. The van der Waals surface area contributed by atoms with Gasteiger partial charge in [-0.15, -0.1) is 0 Å². The number of nitrogens with zero attached hydrogens (tertiary/aromatic N) is 1. The van der Waals surface area contributed by atoms with Gasteiger partial charge in [0.15, 0.2) is 0 Å². The van der Waals surface area contributed by atoms with Crippen LogP contribution in [-0.2, 0) is 10.0 Å². The molecule has 0 aliphatic rings. The molecule has 0 N–H and O–H groups in total. The van der Waals surface area contributed by atoms with Crippen LogP contribution in [0.15, 0.2) is 47.6 Å². The van der Waals surface area contributed by atoms with Crippen molar-refractivity contribution >= 4 is 10.0 Å². The number of rotatable bonds is 2. The molecular formula is C11H10FNO2S. The summed E-state index contributed by atoms with van der Waals surface area (Å²) in [6.07, 6.45) is 2.12. The van der Waals surface area contributed by atoms with E-state index in [0.717, 1.165) is 21.8 Å². The smallest absolute Gasteiger partial charge is 0.246 e. The molecule has 3 nitrogen and oxygen atoms in total. The van der Waals surface area contributed by atoms with Crippen LogP contribution in [0.1, 0.15) is 5.56 Å². The molecule has 1 aromatic carbocycles. The fraction of sp³-hybridized carbons (Fsp3) is 0.0909. The lowest BCUT2D eigenvalue weighted by Crippen LogP contribution is -2.10. The second-order valence-corrected chi connectivity index (χ2v) is 5.32. The highest BCUT2D eigenvalue weighted by Crippen LogP contribution is 2.15. The zero-order valence-electron chi connectivity index (χ0n) is 8.59. The van der Waals surface area contributed by atoms with Crippen molar-refractivity contribution in [3.8, 4) is 0 Å². The Hall–Kier alpha value is -1.62. The van der Waals surface area contributed by atoms with E-state index in [0.29, 0.717) is 0 Å². The van der Waals surface area contributed by atoms with Gasteiger partial charge in [-0.2, -0.15) is 0 Å². The van der Waals surface area contributed by atoms with E-state index in [1.165, 1.54) is 18.3 Å². The molecule has 0 radical (unpaired) electrons. The first-order chi connectivity index (χ1) is 7.50. The quantitative estimate of drug-likeness (QED) is 0.805. The lowest BCUT2D eigenvalue weighted by molar-refractivity contribution is 0.584. The van der Waals surface area contributed by atoms with Crippen molar-refractivity contribution in [1.82, 2.24) is 3.97 Å². The van der Waals surface area contributed by atoms with Crippen LogP contribution in [0.4, 0.5) is 4.39 Å². The zero-order valence-corrected chi connectivity index (χ0v) is 9.41. The molecule has 2 rings (SSSR count). The lowest BCUT2D eigenvalue weighted by atomic mass is 10.2. The molecule has 1 heterocycles. The Morgan fingerprint density at radius 3 is 2.25 bits per heavy atom. The van der Waals surface area contributed by atoms with E-state index >= 15 is 0 Å². The van der Waals surface area contributed by atoms with Gasteiger partial charge in [0.25, 0.3) is 10.0 Å². The molecule has 0 saturated heterocycles. The molecule has 5 heteroatoms. The third kappa shape index (κ3) is 1.86. The average molecular weight is 239 g/mol. The normalized spacial score (nSPS) is 11.6. The Balaban J connectivity index is 2.51. The highest BCUT2D eigenvalue weighted by atomic mass is 32.2. The number of hydrogen-bond acceptors (Lipinski definition) is 2. The van der Waals surface area contributed by atoms with Crippen LogP contribution in [0.2, 0.25) is 0 Å². The van der Waals surface area contributed by atoms with Gasteiger partial charge in [-0.25, -0.2) is 16.8 Å². The van der Waals surface area contributed by atoms with Crippen molar-refractivity contribution in [1.29, 1.82) is 0 Å². The standard InChI is InChI=1S/C11H10FNO2S/c1-9-2-4-11(5-3-9)16(14,15)13-7-6-10(12)8-13/h2-8H,1H3. The molecular weight excluding hydrogens is 229 g/mol. The van der Waals surface area contributed by atoms with E-state index in [1.54, 1.807) is 12.1 Å². The first-order valence-electron chi connectivity index (χ1n) is 4.66. The summed E-state index contributed by atoms with van der Waals surface area (Å²) in [5, 5.41) is 0. The Kier molecular flexibility index (Phi) is 2.55. The van der Waals surface area contributed by atoms with Gasteiger partial charge in [-0.3, -0.25) is 0 Å². The zero-order chi connectivity index (χ0) is 11.8. The van der Waals surface area contributed by atoms with E-state index in [1.807, 2.05) is 6.92 Å². The second kappa shape index (κ2) is 3.75. The molecule has 0 saturated carbocycles. The van der Waals surface area contributed by atoms with E-state index in [-0.39, 0.29) is 4.90 Å². The summed E-state index contributed by atoms with van der Waals surface area (Å²) >= 11 is 0. The summed E-state index contributed by atoms with van der Waals surface area (Å²) in [5.41, 5.74) is 0.970. The third-order valence-corrected chi connectivity index (χ3v) is 3.88. The molecule has 0 fully saturated rings. The molecule has 0 atom stereocenters. The minimum Gasteiger partial charge on any atom is -0.246 e. The summed E-state index contributed by atoms with van der Waals surface area (Å²) in [5.74, 6) is -0.573. The van der Waals surface area contributed by atoms with Crippen LogP contribution >= 0.6 is 0 Å². The predicted molar refractivity (Wildman–Crippen MR) is 58.2 cm³/mol. The number of hydrogen-bond donors (Lipinski definition) is 0. The predicted octanol–water partition coefficient (Wildman–Crippen LogP) is 2.17. The van der Waals surface area contributed by atoms with Gasteiger partial charge in [-0.05, 0) is 25.1 Å². The second-order valence-electron chi connectivity index (χ2n) is 3.48. The van der Waals surface area contributed by atoms with Crippen LogP contribution in [0, 0.1) is 12.7 Å². The Morgan fingerprint density at radius 1 is 1.12 bits per heavy atom. The Morgan fingerprint density at radius 2 is 1.75 bits per heavy atom. The van der Waals surface area contributed by atoms with Gasteiger partial charge in [-0.1, -0.05) is 17.7 Å². The van der Waals surface area contributed by atoms with E-state index < -0.39 is 15.8 Å². The summed E-state index contributed by atoms with van der Waals surface area (Å²) in [6.45, 7) is 1.87. The monoisotopic (exact) mass is 239 g/mol. The summed E-state index contributed by atoms with van der Waals surface area (Å²) in [7, 11) is -3.66.